The van der Waals surface area contributed by atoms with Crippen LogP contribution in [0.15, 0.2) is 40.9 Å². The fourth-order valence-corrected chi connectivity index (χ4v) is 3.22. The number of ether oxygens (including phenoxy) is 2. The van der Waals surface area contributed by atoms with Crippen LogP contribution in [0, 0.1) is 22.7 Å². The maximum Gasteiger partial charge on any atom is 0.205 e. The predicted octanol–water partition coefficient (Wildman–Crippen LogP) is 3.68. The van der Waals surface area contributed by atoms with Crippen molar-refractivity contribution in [3.63, 3.8) is 0 Å². The van der Waals surface area contributed by atoms with Crippen molar-refractivity contribution >= 4 is 27.5 Å². The molecule has 3 rings (SSSR count). The number of nitriles is 1. The average Bonchev–Trinajstić information content (AvgIpc) is 2.53. The van der Waals surface area contributed by atoms with E-state index in [2.05, 4.69) is 22.0 Å². The van der Waals surface area contributed by atoms with E-state index < -0.39 is 5.92 Å². The van der Waals surface area contributed by atoms with Crippen molar-refractivity contribution in [1.29, 1.82) is 10.7 Å². The molecule has 0 spiro atoms. The van der Waals surface area contributed by atoms with Crippen LogP contribution in [0.25, 0.3) is 0 Å². The molecular weight excluding hydrogens is 358 g/mol. The van der Waals surface area contributed by atoms with Crippen LogP contribution >= 0.6 is 15.9 Å². The highest BCUT2D eigenvalue weighted by atomic mass is 79.9. The Balaban J connectivity index is 2.26. The van der Waals surface area contributed by atoms with Gasteiger partial charge >= 0.3 is 0 Å². The minimum atomic E-state index is -0.727. The summed E-state index contributed by atoms with van der Waals surface area (Å²) < 4.78 is 11.8. The molecule has 0 aliphatic carbocycles. The summed E-state index contributed by atoms with van der Waals surface area (Å²) in [5.74, 6) is 0.000654. The summed E-state index contributed by atoms with van der Waals surface area (Å²) in [5.41, 5.74) is 8.00. The first-order chi connectivity index (χ1) is 11.0. The number of rotatable bonds is 2. The molecule has 0 fully saturated rings. The van der Waals surface area contributed by atoms with Gasteiger partial charge in [0.1, 0.15) is 17.4 Å². The number of hydrogen-bond donors (Lipinski definition) is 2. The maximum atomic E-state index is 9.56. The second-order valence-corrected chi connectivity index (χ2v) is 6.15. The average molecular weight is 372 g/mol. The van der Waals surface area contributed by atoms with Gasteiger partial charge in [0.05, 0.1) is 13.2 Å². The fourth-order valence-electron chi connectivity index (χ4n) is 2.84. The van der Waals surface area contributed by atoms with Gasteiger partial charge in [-0.15, -0.1) is 0 Å². The van der Waals surface area contributed by atoms with Crippen molar-refractivity contribution in [3.8, 4) is 17.6 Å². The minimum Gasteiger partial charge on any atom is -0.496 e. The van der Waals surface area contributed by atoms with E-state index in [1.54, 1.807) is 19.2 Å². The fraction of sp³-hybridized carbons (Fsp3) is 0.176. The molecule has 0 aromatic heterocycles. The summed E-state index contributed by atoms with van der Waals surface area (Å²) >= 11 is 3.46. The molecule has 0 amide bonds. The molecule has 2 aromatic rings. The third-order valence-electron chi connectivity index (χ3n) is 3.87. The Morgan fingerprint density at radius 1 is 1.26 bits per heavy atom. The number of fused-ring (bicyclic) bond motifs is 1. The lowest BCUT2D eigenvalue weighted by atomic mass is 9.78. The van der Waals surface area contributed by atoms with Crippen molar-refractivity contribution in [1.82, 2.24) is 0 Å². The number of nitrogens with one attached hydrogen (secondary N) is 1. The Labute approximate surface area is 142 Å². The van der Waals surface area contributed by atoms with Gasteiger partial charge in [0, 0.05) is 33.3 Å². The van der Waals surface area contributed by atoms with Crippen LogP contribution in [0.5, 0.6) is 11.5 Å². The van der Waals surface area contributed by atoms with Crippen molar-refractivity contribution in [3.05, 3.63) is 52.0 Å². The number of hydrogen-bond acceptors (Lipinski definition) is 5. The van der Waals surface area contributed by atoms with Gasteiger partial charge in [-0.2, -0.15) is 5.26 Å². The molecule has 116 valence electrons. The van der Waals surface area contributed by atoms with Crippen LogP contribution in [0.4, 0.5) is 5.69 Å². The molecule has 3 N–H and O–H groups in total. The number of halogens is 1. The van der Waals surface area contributed by atoms with Crippen molar-refractivity contribution in [2.75, 3.05) is 12.8 Å². The summed E-state index contributed by atoms with van der Waals surface area (Å²) in [6, 6.07) is 13.1. The Morgan fingerprint density at radius 2 is 2.04 bits per heavy atom. The van der Waals surface area contributed by atoms with E-state index in [0.717, 1.165) is 15.6 Å². The molecule has 0 saturated heterocycles. The van der Waals surface area contributed by atoms with Gasteiger partial charge in [0.2, 0.25) is 5.90 Å². The van der Waals surface area contributed by atoms with Crippen LogP contribution in [0.2, 0.25) is 0 Å². The standard InChI is InChI=1S/C17H14BrN3O2/c1-22-14-5-2-9(18)6-12(14)16-11-4-3-10(20)7-15(11)23-17(21)13(16)8-19/h2-7,13,16,21H,20H2,1H3. The Hall–Kier alpha value is -2.52. The van der Waals surface area contributed by atoms with E-state index in [1.165, 1.54) is 0 Å². The van der Waals surface area contributed by atoms with Crippen molar-refractivity contribution < 1.29 is 9.47 Å². The predicted molar refractivity (Wildman–Crippen MR) is 90.8 cm³/mol. The summed E-state index contributed by atoms with van der Waals surface area (Å²) in [6.07, 6.45) is 0. The van der Waals surface area contributed by atoms with E-state index >= 15 is 0 Å². The second kappa shape index (κ2) is 5.94. The summed E-state index contributed by atoms with van der Waals surface area (Å²) in [5, 5.41) is 17.6. The van der Waals surface area contributed by atoms with E-state index in [4.69, 9.17) is 20.6 Å². The molecule has 23 heavy (non-hydrogen) atoms. The monoisotopic (exact) mass is 371 g/mol. The molecule has 5 nitrogen and oxygen atoms in total. The zero-order valence-electron chi connectivity index (χ0n) is 12.3. The molecule has 0 bridgehead atoms. The molecule has 1 aliphatic rings. The van der Waals surface area contributed by atoms with Crippen LogP contribution in [0.1, 0.15) is 17.0 Å². The SMILES string of the molecule is COc1ccc(Br)cc1C1c2ccc(N)cc2OC(=N)C1C#N. The minimum absolute atomic E-state index is 0.0855. The number of nitrogens with zero attached hydrogens (tertiary/aromatic N) is 1. The first-order valence-electron chi connectivity index (χ1n) is 6.94. The van der Waals surface area contributed by atoms with E-state index in [1.807, 2.05) is 24.3 Å². The number of benzene rings is 2. The summed E-state index contributed by atoms with van der Waals surface area (Å²) in [7, 11) is 1.59. The van der Waals surface area contributed by atoms with Crippen LogP contribution in [-0.2, 0) is 0 Å². The highest BCUT2D eigenvalue weighted by Crippen LogP contribution is 2.46. The van der Waals surface area contributed by atoms with Gasteiger partial charge < -0.3 is 15.2 Å². The molecule has 6 heteroatoms. The van der Waals surface area contributed by atoms with Gasteiger partial charge in [0.25, 0.3) is 0 Å². The molecule has 1 aliphatic heterocycles. The Kier molecular flexibility index (Phi) is 3.97. The van der Waals surface area contributed by atoms with Gasteiger partial charge in [-0.05, 0) is 24.3 Å². The number of methoxy groups -OCH3 is 1. The van der Waals surface area contributed by atoms with Crippen LogP contribution in [0.3, 0.4) is 0 Å². The third kappa shape index (κ3) is 2.64. The molecular formula is C17H14BrN3O2. The maximum absolute atomic E-state index is 9.56. The van der Waals surface area contributed by atoms with E-state index in [9.17, 15) is 5.26 Å². The smallest absolute Gasteiger partial charge is 0.205 e. The molecule has 1 heterocycles. The highest BCUT2D eigenvalue weighted by molar-refractivity contribution is 9.10. The highest BCUT2D eigenvalue weighted by Gasteiger charge is 2.38. The van der Waals surface area contributed by atoms with Gasteiger partial charge in [-0.3, -0.25) is 5.41 Å². The molecule has 0 radical (unpaired) electrons. The number of nitrogen functional groups attached to an aromatic ring is 1. The quantitative estimate of drug-likeness (QED) is 0.787. The Bertz CT molecular complexity index is 829. The first-order valence-corrected chi connectivity index (χ1v) is 7.73. The largest absolute Gasteiger partial charge is 0.496 e. The van der Waals surface area contributed by atoms with Crippen LogP contribution < -0.4 is 15.2 Å². The number of anilines is 1. The van der Waals surface area contributed by atoms with Gasteiger partial charge in [-0.25, -0.2) is 0 Å². The van der Waals surface area contributed by atoms with Gasteiger partial charge in [0.15, 0.2) is 0 Å². The molecule has 2 unspecified atom stereocenters. The number of nitrogens with two attached hydrogens (primary N) is 1. The summed E-state index contributed by atoms with van der Waals surface area (Å²) in [4.78, 5) is 0. The lowest BCUT2D eigenvalue weighted by Gasteiger charge is -2.31. The van der Waals surface area contributed by atoms with Crippen LogP contribution in [-0.4, -0.2) is 13.0 Å². The summed E-state index contributed by atoms with van der Waals surface area (Å²) in [6.45, 7) is 0. The second-order valence-electron chi connectivity index (χ2n) is 5.23. The molecule has 0 saturated carbocycles. The van der Waals surface area contributed by atoms with E-state index in [0.29, 0.717) is 17.2 Å². The zero-order valence-corrected chi connectivity index (χ0v) is 13.9. The Morgan fingerprint density at radius 3 is 2.74 bits per heavy atom. The van der Waals surface area contributed by atoms with E-state index in [-0.39, 0.29) is 11.8 Å². The first kappa shape index (κ1) is 15.4. The zero-order chi connectivity index (χ0) is 16.6. The lowest BCUT2D eigenvalue weighted by Crippen LogP contribution is -2.31. The topological polar surface area (TPSA) is 92.1 Å². The van der Waals surface area contributed by atoms with Crippen molar-refractivity contribution in [2.45, 2.75) is 5.92 Å². The lowest BCUT2D eigenvalue weighted by molar-refractivity contribution is 0.398. The molecule has 2 atom stereocenters. The third-order valence-corrected chi connectivity index (χ3v) is 4.37. The van der Waals surface area contributed by atoms with Gasteiger partial charge in [-0.1, -0.05) is 22.0 Å². The van der Waals surface area contributed by atoms with Crippen molar-refractivity contribution in [2.24, 2.45) is 5.92 Å². The molecule has 2 aromatic carbocycles. The normalized spacial score (nSPS) is 19.4.